The molecule has 0 nitrogen and oxygen atoms in total. The second kappa shape index (κ2) is 34.2. The van der Waals surface area contributed by atoms with Crippen molar-refractivity contribution in [2.45, 2.75) is 0 Å². The lowest BCUT2D eigenvalue weighted by Crippen LogP contribution is -1.69. The van der Waals surface area contributed by atoms with Crippen molar-refractivity contribution >= 4 is 352 Å². The van der Waals surface area contributed by atoms with Crippen LogP contribution < -0.4 is 0 Å². The number of hydrogen-bond donors (Lipinski definition) is 0. The maximum Gasteiger partial charge on any atom is -0.000151 e. The molecule has 0 aliphatic heterocycles. The summed E-state index contributed by atoms with van der Waals surface area (Å²) in [6.07, 6.45) is 0. The first kappa shape index (κ1) is 62.9. The third-order valence-corrected chi connectivity index (χ3v) is 304. The van der Waals surface area contributed by atoms with Crippen LogP contribution in [0.15, 0.2) is 0 Å². The molecule has 44 heavy (non-hydrogen) atoms. The zero-order chi connectivity index (χ0) is 35.1. The largest absolute Gasteiger partial charge is 0.516 e. The third kappa shape index (κ3) is 22.4. The van der Waals surface area contributed by atoms with Crippen LogP contribution in [0.1, 0.15) is 0 Å². The molecular weight excluding hydrogens is 1360 g/mol. The van der Waals surface area contributed by atoms with Gasteiger partial charge in [-0.2, -0.15) is 0 Å². The van der Waals surface area contributed by atoms with Crippen molar-refractivity contribution in [2.75, 3.05) is 0 Å². The van der Waals surface area contributed by atoms with Crippen molar-refractivity contribution in [3.05, 3.63) is 0 Å². The Morgan fingerprint density at radius 3 is 0.477 bits per heavy atom. The molecule has 0 aromatic carbocycles. The Labute approximate surface area is 347 Å². The summed E-state index contributed by atoms with van der Waals surface area (Å²) in [5, 5.41) is 0. The highest BCUT2D eigenvalue weighted by atomic mass is 33.6. The van der Waals surface area contributed by atoms with Crippen LogP contribution in [0.5, 0.6) is 0 Å². The van der Waals surface area contributed by atoms with Crippen molar-refractivity contribution in [3.8, 4) is 0 Å². The van der Waals surface area contributed by atoms with Gasteiger partial charge in [0.1, 0.15) is 0 Å². The zero-order valence-electron chi connectivity index (χ0n) is 22.6. The smallest absolute Gasteiger partial charge is 0.000151 e. The molecule has 44 heteroatoms. The molecular formula is H45P44-. The van der Waals surface area contributed by atoms with E-state index in [1.807, 2.05) is 0 Å². The van der Waals surface area contributed by atoms with Gasteiger partial charge in [-0.1, -0.05) is 6.99 Å². The molecule has 25 unspecified atom stereocenters. The second-order valence-electron chi connectivity index (χ2n) is 6.88. The molecule has 0 heterocycles. The van der Waals surface area contributed by atoms with Gasteiger partial charge in [-0.25, -0.2) is 6.99 Å². The highest BCUT2D eigenvalue weighted by Gasteiger charge is 2.56. The average molecular weight is 1410 g/mol. The van der Waals surface area contributed by atoms with Crippen LogP contribution in [0.2, 0.25) is 0 Å². The molecule has 0 spiro atoms. The van der Waals surface area contributed by atoms with Gasteiger partial charge in [0.2, 0.25) is 0 Å². The van der Waals surface area contributed by atoms with Crippen LogP contribution in [-0.2, 0) is 0 Å². The van der Waals surface area contributed by atoms with Crippen LogP contribution >= 0.6 is 352 Å². The van der Waals surface area contributed by atoms with Gasteiger partial charge in [-0.15, -0.1) is 196 Å². The monoisotopic (exact) mass is 1410 g/mol. The van der Waals surface area contributed by atoms with Gasteiger partial charge in [-0.3, -0.25) is 0 Å². The Bertz CT molecular complexity index is 607. The van der Waals surface area contributed by atoms with Gasteiger partial charge in [0, 0.05) is 0 Å². The van der Waals surface area contributed by atoms with Crippen LogP contribution in [0.3, 0.4) is 0 Å². The summed E-state index contributed by atoms with van der Waals surface area (Å²) in [6, 6.07) is 0. The maximum atomic E-state index is 4.38. The van der Waals surface area contributed by atoms with Gasteiger partial charge in [-0.05, 0) is 133 Å². The molecule has 0 N–H and O–H groups in total. The Balaban J connectivity index is 8.85. The van der Waals surface area contributed by atoms with Crippen LogP contribution in [0.4, 0.5) is 0 Å². The van der Waals surface area contributed by atoms with Crippen molar-refractivity contribution in [3.63, 3.8) is 0 Å². The Kier molecular flexibility index (Phi) is 49.0. The first-order valence-corrected chi connectivity index (χ1v) is 89.1. The molecule has 0 saturated carbocycles. The van der Waals surface area contributed by atoms with Crippen molar-refractivity contribution in [1.29, 1.82) is 0 Å². The Hall–Kier alpha value is 18.9. The molecule has 266 valence electrons. The first-order valence-electron chi connectivity index (χ1n) is 9.90. The van der Waals surface area contributed by atoms with E-state index in [2.05, 4.69) is 205 Å². The van der Waals surface area contributed by atoms with Gasteiger partial charge in [0.15, 0.2) is 0 Å². The summed E-state index contributed by atoms with van der Waals surface area (Å²) in [4.78, 5) is 0. The quantitative estimate of drug-likeness (QED) is 0.107. The molecule has 0 rings (SSSR count). The summed E-state index contributed by atoms with van der Waals surface area (Å²) >= 11 is 0. The summed E-state index contributed by atoms with van der Waals surface area (Å²) in [7, 11) is 79.6. The number of hydrogen-bond acceptors (Lipinski definition) is 0. The fourth-order valence-electron chi connectivity index (χ4n) is 2.49. The predicted molar refractivity (Wildman–Crippen MR) is 367 cm³/mol. The summed E-state index contributed by atoms with van der Waals surface area (Å²) in [6.45, 7) is -2.98. The topological polar surface area (TPSA) is 0 Å². The SMILES string of the molecule is [PH-]P(P)P(P)P(P(P(P)P)P(P)P)P(P(P(P(P)P)P(P)P)P(P(P)P)P(P)P)P(P(P(P)P)P(P)P)P(P(P)P)P(P)P. The molecule has 0 saturated heterocycles. The molecule has 0 aromatic heterocycles. The fourth-order valence-corrected chi connectivity index (χ4v) is 604. The van der Waals surface area contributed by atoms with Crippen molar-refractivity contribution in [2.24, 2.45) is 0 Å². The minimum absolute atomic E-state index is 0.0909. The van der Waals surface area contributed by atoms with E-state index in [4.69, 9.17) is 0 Å². The van der Waals surface area contributed by atoms with E-state index in [1.54, 1.807) is 0 Å². The van der Waals surface area contributed by atoms with Gasteiger partial charge in [0.25, 0.3) is 0 Å². The molecule has 25 atom stereocenters. The summed E-state index contributed by atoms with van der Waals surface area (Å²) < 4.78 is 0. The van der Waals surface area contributed by atoms with Crippen molar-refractivity contribution in [1.82, 2.24) is 0 Å². The van der Waals surface area contributed by atoms with E-state index in [1.165, 1.54) is 0 Å². The van der Waals surface area contributed by atoms with Crippen LogP contribution in [-0.4, -0.2) is 0 Å². The summed E-state index contributed by atoms with van der Waals surface area (Å²) in [5.74, 6) is 0. The molecule has 0 aliphatic carbocycles. The van der Waals surface area contributed by atoms with E-state index >= 15 is 0 Å². The lowest BCUT2D eigenvalue weighted by molar-refractivity contribution is 4.37. The first-order chi connectivity index (χ1) is 19.9. The normalized spacial score (nSPS) is 16.3. The Morgan fingerprint density at radius 2 is 0.341 bits per heavy atom. The lowest BCUT2D eigenvalue weighted by atomic mass is 28.4. The predicted octanol–water partition coefficient (Wildman–Crippen LogP) is 25.8. The van der Waals surface area contributed by atoms with Gasteiger partial charge >= 0.3 is 0 Å². The minimum Gasteiger partial charge on any atom is -0.516 e. The van der Waals surface area contributed by atoms with E-state index in [0.717, 1.165) is 0 Å². The van der Waals surface area contributed by atoms with E-state index in [9.17, 15) is 0 Å². The third-order valence-electron chi connectivity index (χ3n) is 3.75. The highest BCUT2D eigenvalue weighted by Crippen LogP contribution is 3.44. The molecule has 0 fully saturated rings. The van der Waals surface area contributed by atoms with Crippen LogP contribution in [0.25, 0.3) is 0 Å². The van der Waals surface area contributed by atoms with Crippen molar-refractivity contribution < 1.29 is 0 Å². The summed E-state index contributed by atoms with van der Waals surface area (Å²) in [5.41, 5.74) is 0. The standard InChI is InChI=1S/H45P44/c1-24(2)35(23)41(36(25(3)4)26(5)6)44(42(37(27(7)8)28(9)10)38(29(11)12)30(13)14)43(39(31(15)16)32(17)18)40(33(19)20)34(21)22/h1H,2-23H2/q-1. The molecule has 0 radical (unpaired) electrons. The molecule has 0 aromatic rings. The average Bonchev–Trinajstić information content (AvgIpc) is 2.80. The zero-order valence-corrected chi connectivity index (χ0v) is 67.8. The highest BCUT2D eigenvalue weighted by molar-refractivity contribution is 9.50. The second-order valence-corrected chi connectivity index (χ2v) is 186. The van der Waals surface area contributed by atoms with E-state index < -0.39 is 0 Å². The Morgan fingerprint density at radius 1 is 0.205 bits per heavy atom. The minimum atomic E-state index is -0.261. The molecule has 0 bridgehead atoms. The van der Waals surface area contributed by atoms with Gasteiger partial charge in [0.05, 0.1) is 0 Å². The van der Waals surface area contributed by atoms with Crippen LogP contribution in [0, 0.1) is 0 Å². The van der Waals surface area contributed by atoms with Gasteiger partial charge < -0.3 is 8.93 Å². The fraction of sp³-hybridized carbons (Fsp3) is 0. The van der Waals surface area contributed by atoms with E-state index in [-0.39, 0.29) is 147 Å². The lowest BCUT2D eigenvalue weighted by Gasteiger charge is -2.57. The molecule has 0 aliphatic rings. The van der Waals surface area contributed by atoms with E-state index in [0.29, 0.717) is 0 Å². The number of rotatable bonds is 20. The molecule has 0 amide bonds. The maximum absolute atomic E-state index is 4.38.